The Hall–Kier alpha value is -1.55. The molecule has 1 aliphatic heterocycles. The van der Waals surface area contributed by atoms with Crippen LogP contribution in [-0.4, -0.2) is 28.7 Å². The zero-order valence-electron chi connectivity index (χ0n) is 12.6. The molecule has 0 amide bonds. The highest BCUT2D eigenvalue weighted by Gasteiger charge is 2.33. The third-order valence-corrected chi connectivity index (χ3v) is 4.18. The molecule has 1 N–H and O–H groups in total. The van der Waals surface area contributed by atoms with E-state index in [9.17, 15) is 9.90 Å². The molecule has 114 valence electrons. The number of benzene rings is 1. The van der Waals surface area contributed by atoms with Gasteiger partial charge in [0, 0.05) is 6.07 Å². The van der Waals surface area contributed by atoms with Crippen molar-refractivity contribution in [2.45, 2.75) is 63.8 Å². The SMILES string of the molecule is CC1(C)CC(=O)c2ccc(OC3CCCCC3O)cc2O1. The summed E-state index contributed by atoms with van der Waals surface area (Å²) in [6.45, 7) is 3.82. The van der Waals surface area contributed by atoms with Crippen molar-refractivity contribution in [3.63, 3.8) is 0 Å². The second-order valence-electron chi connectivity index (χ2n) is 6.63. The van der Waals surface area contributed by atoms with Crippen LogP contribution in [0.4, 0.5) is 0 Å². The van der Waals surface area contributed by atoms with Gasteiger partial charge in [-0.15, -0.1) is 0 Å². The standard InChI is InChI=1S/C17H22O4/c1-17(2)10-14(19)12-8-7-11(9-16(12)21-17)20-15-6-4-3-5-13(15)18/h7-9,13,15,18H,3-6,10H2,1-2H3. The molecule has 21 heavy (non-hydrogen) atoms. The van der Waals surface area contributed by atoms with Crippen molar-refractivity contribution in [1.82, 2.24) is 0 Å². The van der Waals surface area contributed by atoms with Crippen LogP contribution in [0, 0.1) is 0 Å². The lowest BCUT2D eigenvalue weighted by Crippen LogP contribution is -2.36. The summed E-state index contributed by atoms with van der Waals surface area (Å²) >= 11 is 0. The summed E-state index contributed by atoms with van der Waals surface area (Å²) in [7, 11) is 0. The Labute approximate surface area is 125 Å². The van der Waals surface area contributed by atoms with Crippen molar-refractivity contribution in [3.8, 4) is 11.5 Å². The predicted molar refractivity (Wildman–Crippen MR) is 79.0 cm³/mol. The van der Waals surface area contributed by atoms with Crippen molar-refractivity contribution >= 4 is 5.78 Å². The number of rotatable bonds is 2. The molecule has 1 aromatic rings. The van der Waals surface area contributed by atoms with Crippen molar-refractivity contribution in [2.75, 3.05) is 0 Å². The summed E-state index contributed by atoms with van der Waals surface area (Å²) in [5, 5.41) is 9.98. The summed E-state index contributed by atoms with van der Waals surface area (Å²) in [5.74, 6) is 1.34. The molecule has 1 heterocycles. The summed E-state index contributed by atoms with van der Waals surface area (Å²) < 4.78 is 11.8. The topological polar surface area (TPSA) is 55.8 Å². The van der Waals surface area contributed by atoms with Gasteiger partial charge in [0.15, 0.2) is 5.78 Å². The van der Waals surface area contributed by atoms with Gasteiger partial charge in [0.1, 0.15) is 23.2 Å². The minimum absolute atomic E-state index is 0.102. The van der Waals surface area contributed by atoms with Gasteiger partial charge >= 0.3 is 0 Å². The van der Waals surface area contributed by atoms with Gasteiger partial charge in [0.05, 0.1) is 18.1 Å². The molecule has 3 rings (SSSR count). The number of aliphatic hydroxyl groups is 1. The number of aliphatic hydroxyl groups excluding tert-OH is 1. The monoisotopic (exact) mass is 290 g/mol. The van der Waals surface area contributed by atoms with E-state index >= 15 is 0 Å². The van der Waals surface area contributed by atoms with Gasteiger partial charge in [0.25, 0.3) is 0 Å². The maximum absolute atomic E-state index is 12.1. The van der Waals surface area contributed by atoms with Gasteiger partial charge in [0.2, 0.25) is 0 Å². The van der Waals surface area contributed by atoms with E-state index in [0.29, 0.717) is 23.5 Å². The number of fused-ring (bicyclic) bond motifs is 1. The number of carbonyl (C=O) groups excluding carboxylic acids is 1. The van der Waals surface area contributed by atoms with Crippen molar-refractivity contribution in [3.05, 3.63) is 23.8 Å². The van der Waals surface area contributed by atoms with Crippen LogP contribution in [0.5, 0.6) is 11.5 Å². The molecule has 0 spiro atoms. The van der Waals surface area contributed by atoms with E-state index in [4.69, 9.17) is 9.47 Å². The third kappa shape index (κ3) is 3.05. The van der Waals surface area contributed by atoms with E-state index in [1.165, 1.54) is 0 Å². The first kappa shape index (κ1) is 14.4. The number of ether oxygens (including phenoxy) is 2. The second-order valence-corrected chi connectivity index (χ2v) is 6.63. The fourth-order valence-electron chi connectivity index (χ4n) is 3.10. The van der Waals surface area contributed by atoms with Gasteiger partial charge in [-0.1, -0.05) is 6.42 Å². The van der Waals surface area contributed by atoms with Crippen LogP contribution in [0.1, 0.15) is 56.3 Å². The second kappa shape index (κ2) is 5.34. The quantitative estimate of drug-likeness (QED) is 0.909. The maximum Gasteiger partial charge on any atom is 0.170 e. The van der Waals surface area contributed by atoms with Gasteiger partial charge in [-0.05, 0) is 45.2 Å². The van der Waals surface area contributed by atoms with Gasteiger partial charge in [-0.3, -0.25) is 4.79 Å². The lowest BCUT2D eigenvalue weighted by molar-refractivity contribution is 0.00641. The Morgan fingerprint density at radius 3 is 2.81 bits per heavy atom. The normalized spacial score (nSPS) is 27.7. The molecule has 0 saturated heterocycles. The minimum Gasteiger partial charge on any atom is -0.488 e. The first-order valence-electron chi connectivity index (χ1n) is 7.66. The number of carbonyl (C=O) groups is 1. The smallest absolute Gasteiger partial charge is 0.170 e. The molecule has 0 aromatic heterocycles. The van der Waals surface area contributed by atoms with Gasteiger partial charge in [-0.25, -0.2) is 0 Å². The molecule has 1 aliphatic carbocycles. The highest BCUT2D eigenvalue weighted by Crippen LogP contribution is 2.36. The average Bonchev–Trinajstić information content (AvgIpc) is 2.39. The molecule has 2 aliphatic rings. The molecule has 1 saturated carbocycles. The Morgan fingerprint density at radius 2 is 2.05 bits per heavy atom. The Morgan fingerprint density at radius 1 is 1.29 bits per heavy atom. The van der Waals surface area contributed by atoms with Crippen LogP contribution >= 0.6 is 0 Å². The Bertz CT molecular complexity index is 550. The van der Waals surface area contributed by atoms with E-state index < -0.39 is 11.7 Å². The van der Waals surface area contributed by atoms with Crippen molar-refractivity contribution < 1.29 is 19.4 Å². The fraction of sp³-hybridized carbons (Fsp3) is 0.588. The predicted octanol–water partition coefficient (Wildman–Crippen LogP) is 3.11. The number of ketones is 1. The summed E-state index contributed by atoms with van der Waals surface area (Å²) in [6.07, 6.45) is 3.60. The number of hydrogen-bond acceptors (Lipinski definition) is 4. The molecule has 4 nitrogen and oxygen atoms in total. The molecular formula is C17H22O4. The lowest BCUT2D eigenvalue weighted by atomic mass is 9.93. The molecule has 0 radical (unpaired) electrons. The van der Waals surface area contributed by atoms with Crippen LogP contribution in [0.2, 0.25) is 0 Å². The van der Waals surface area contributed by atoms with Gasteiger partial charge in [-0.2, -0.15) is 0 Å². The van der Waals surface area contributed by atoms with Crippen LogP contribution < -0.4 is 9.47 Å². The van der Waals surface area contributed by atoms with Gasteiger partial charge < -0.3 is 14.6 Å². The summed E-state index contributed by atoms with van der Waals surface area (Å²) in [6, 6.07) is 5.33. The van der Waals surface area contributed by atoms with Crippen molar-refractivity contribution in [2.24, 2.45) is 0 Å². The molecule has 2 unspecified atom stereocenters. The van der Waals surface area contributed by atoms with Crippen LogP contribution in [0.25, 0.3) is 0 Å². The number of hydrogen-bond donors (Lipinski definition) is 1. The minimum atomic E-state index is -0.479. The lowest BCUT2D eigenvalue weighted by Gasteiger charge is -2.32. The number of Topliss-reactive ketones (excluding diaryl/α,β-unsaturated/α-hetero) is 1. The van der Waals surface area contributed by atoms with E-state index in [0.717, 1.165) is 25.7 Å². The Balaban J connectivity index is 1.81. The highest BCUT2D eigenvalue weighted by atomic mass is 16.5. The molecular weight excluding hydrogens is 268 g/mol. The van der Waals surface area contributed by atoms with E-state index in [1.54, 1.807) is 18.2 Å². The molecule has 1 fully saturated rings. The largest absolute Gasteiger partial charge is 0.488 e. The molecule has 2 atom stereocenters. The zero-order chi connectivity index (χ0) is 15.0. The van der Waals surface area contributed by atoms with Crippen molar-refractivity contribution in [1.29, 1.82) is 0 Å². The summed E-state index contributed by atoms with van der Waals surface area (Å²) in [5.41, 5.74) is 0.137. The first-order valence-corrected chi connectivity index (χ1v) is 7.66. The van der Waals surface area contributed by atoms with Crippen LogP contribution in [0.15, 0.2) is 18.2 Å². The van der Waals surface area contributed by atoms with Crippen LogP contribution in [-0.2, 0) is 0 Å². The van der Waals surface area contributed by atoms with Crippen LogP contribution in [0.3, 0.4) is 0 Å². The fourth-order valence-corrected chi connectivity index (χ4v) is 3.10. The molecule has 4 heteroatoms. The highest BCUT2D eigenvalue weighted by molar-refractivity contribution is 6.00. The molecule has 0 bridgehead atoms. The van der Waals surface area contributed by atoms with E-state index in [1.807, 2.05) is 13.8 Å². The maximum atomic E-state index is 12.1. The van der Waals surface area contributed by atoms with E-state index in [2.05, 4.69) is 0 Å². The third-order valence-electron chi connectivity index (χ3n) is 4.18. The Kier molecular flexibility index (Phi) is 3.66. The van der Waals surface area contributed by atoms with E-state index in [-0.39, 0.29) is 11.9 Å². The molecule has 1 aromatic carbocycles. The zero-order valence-corrected chi connectivity index (χ0v) is 12.6. The summed E-state index contributed by atoms with van der Waals surface area (Å²) in [4.78, 5) is 12.1. The average molecular weight is 290 g/mol. The first-order chi connectivity index (χ1) is 9.94.